The van der Waals surface area contributed by atoms with E-state index >= 15 is 0 Å². The third-order valence-corrected chi connectivity index (χ3v) is 34.5. The molecule has 0 radical (unpaired) electrons. The average Bonchev–Trinajstić information content (AvgIpc) is 2.54. The fraction of sp³-hybridized carbons (Fsp3) is 0.200. The molecule has 1 aliphatic heterocycles. The molecule has 0 amide bonds. The van der Waals surface area contributed by atoms with Gasteiger partial charge in [-0.15, -0.1) is 0 Å². The third-order valence-electron chi connectivity index (χ3n) is 3.28. The monoisotopic (exact) mass is 418 g/mol. The van der Waals surface area contributed by atoms with E-state index in [4.69, 9.17) is 33.1 Å². The molecule has 2 aromatic carbocycles. The maximum atomic E-state index is 5.94. The van der Waals surface area contributed by atoms with Gasteiger partial charge in [-0.05, 0) is 55.5 Å². The summed E-state index contributed by atoms with van der Waals surface area (Å²) in [5, 5.41) is 2.44. The highest BCUT2D eigenvalue weighted by molar-refractivity contribution is 9.48. The first-order chi connectivity index (χ1) is 11.0. The van der Waals surface area contributed by atoms with E-state index in [2.05, 4.69) is 24.3 Å². The van der Waals surface area contributed by atoms with Crippen molar-refractivity contribution in [3.63, 3.8) is 0 Å². The molecule has 1 fully saturated rings. The van der Waals surface area contributed by atoms with Crippen LogP contribution < -0.4 is 20.1 Å². The lowest BCUT2D eigenvalue weighted by molar-refractivity contribution is 0.340. The van der Waals surface area contributed by atoms with Gasteiger partial charge in [0.2, 0.25) is 0 Å². The van der Waals surface area contributed by atoms with Crippen LogP contribution in [0.25, 0.3) is 0 Å². The van der Waals surface area contributed by atoms with Crippen molar-refractivity contribution in [3.05, 3.63) is 48.5 Å². The van der Waals surface area contributed by atoms with Gasteiger partial charge in [-0.25, -0.2) is 0 Å². The first-order valence-corrected chi connectivity index (χ1v) is 16.7. The van der Waals surface area contributed by atoms with Crippen molar-refractivity contribution < 1.29 is 9.47 Å². The third kappa shape index (κ3) is 3.68. The molecule has 122 valence electrons. The fourth-order valence-electron chi connectivity index (χ4n) is 2.13. The summed E-state index contributed by atoms with van der Waals surface area (Å²) in [5.74, 6) is 1.75. The van der Waals surface area contributed by atoms with Crippen LogP contribution in [0.2, 0.25) is 0 Å². The number of hydrogen-bond donors (Lipinski definition) is 0. The Kier molecular flexibility index (Phi) is 5.52. The SMILES string of the molecule is CCOc1ccc(P2(=S)SP(=S)(c3ccc(OC)cc3)S2)cc1. The molecule has 8 heteroatoms. The Morgan fingerprint density at radius 2 is 1.26 bits per heavy atom. The summed E-state index contributed by atoms with van der Waals surface area (Å²) in [5.41, 5.74) is 0. The number of ether oxygens (including phenoxy) is 2. The molecule has 0 aromatic heterocycles. The van der Waals surface area contributed by atoms with Gasteiger partial charge in [0.25, 0.3) is 0 Å². The summed E-state index contributed by atoms with van der Waals surface area (Å²) in [4.78, 5) is 0. The number of hydrogen-bond acceptors (Lipinski definition) is 6. The molecule has 0 spiro atoms. The Morgan fingerprint density at radius 3 is 1.65 bits per heavy atom. The van der Waals surface area contributed by atoms with Gasteiger partial charge in [0, 0.05) is 10.6 Å². The Balaban J connectivity index is 1.77. The van der Waals surface area contributed by atoms with Gasteiger partial charge >= 0.3 is 0 Å². The molecule has 0 atom stereocenters. The summed E-state index contributed by atoms with van der Waals surface area (Å²) in [6, 6.07) is 16.3. The van der Waals surface area contributed by atoms with Crippen LogP contribution in [-0.4, -0.2) is 13.7 Å². The zero-order valence-corrected chi connectivity index (χ0v) is 17.7. The minimum absolute atomic E-state index is 0.676. The molecule has 0 unspecified atom stereocenters. The van der Waals surface area contributed by atoms with E-state index in [1.54, 1.807) is 7.11 Å². The minimum atomic E-state index is -1.66. The number of methoxy groups -OCH3 is 1. The van der Waals surface area contributed by atoms with Gasteiger partial charge < -0.3 is 9.47 Å². The summed E-state index contributed by atoms with van der Waals surface area (Å²) >= 11 is 15.6. The zero-order valence-electron chi connectivity index (χ0n) is 12.7. The van der Waals surface area contributed by atoms with Gasteiger partial charge in [-0.3, -0.25) is 0 Å². The van der Waals surface area contributed by atoms with Crippen LogP contribution in [0.3, 0.4) is 0 Å². The second kappa shape index (κ2) is 7.11. The Labute approximate surface area is 154 Å². The summed E-state index contributed by atoms with van der Waals surface area (Å²) < 4.78 is 7.38. The van der Waals surface area contributed by atoms with E-state index in [1.807, 2.05) is 53.2 Å². The predicted octanol–water partition coefficient (Wildman–Crippen LogP) is 5.14. The van der Waals surface area contributed by atoms with Gasteiger partial charge in [-0.1, -0.05) is 45.6 Å². The average molecular weight is 419 g/mol. The van der Waals surface area contributed by atoms with E-state index in [-0.39, 0.29) is 0 Å². The molecule has 0 saturated carbocycles. The first kappa shape index (κ1) is 17.8. The molecule has 23 heavy (non-hydrogen) atoms. The maximum absolute atomic E-state index is 5.94. The molecule has 1 aliphatic rings. The summed E-state index contributed by atoms with van der Waals surface area (Å²) in [7, 11) is 1.67. The highest BCUT2D eigenvalue weighted by Gasteiger charge is 2.45. The summed E-state index contributed by atoms with van der Waals surface area (Å²) in [6.45, 7) is 2.66. The number of rotatable bonds is 5. The van der Waals surface area contributed by atoms with E-state index in [9.17, 15) is 0 Å². The van der Waals surface area contributed by atoms with E-state index in [0.29, 0.717) is 6.61 Å². The van der Waals surface area contributed by atoms with E-state index in [1.165, 1.54) is 10.6 Å². The molecule has 0 N–H and O–H groups in total. The standard InChI is InChI=1S/C15H16O2P2S4/c1-3-17-13-6-10-15(11-7-13)19(21)22-18(20,23-19)14-8-4-12(16-2)5-9-14/h4-11H,3H2,1-2H3. The van der Waals surface area contributed by atoms with E-state index < -0.39 is 8.88 Å². The lowest BCUT2D eigenvalue weighted by atomic mass is 10.3. The molecular weight excluding hydrogens is 402 g/mol. The minimum Gasteiger partial charge on any atom is -0.497 e. The smallest absolute Gasteiger partial charge is 0.119 e. The predicted molar refractivity (Wildman–Crippen MR) is 114 cm³/mol. The van der Waals surface area contributed by atoms with Gasteiger partial charge in [-0.2, -0.15) is 0 Å². The largest absolute Gasteiger partial charge is 0.497 e. The molecular formula is C15H16O2P2S4. The molecule has 0 bridgehead atoms. The van der Waals surface area contributed by atoms with Crippen LogP contribution in [0.15, 0.2) is 48.5 Å². The van der Waals surface area contributed by atoms with Crippen molar-refractivity contribution in [3.8, 4) is 11.5 Å². The fourth-order valence-corrected chi connectivity index (χ4v) is 44.4. The van der Waals surface area contributed by atoms with Crippen LogP contribution in [0.5, 0.6) is 11.5 Å². The highest BCUT2D eigenvalue weighted by atomic mass is 33.7. The van der Waals surface area contributed by atoms with Crippen molar-refractivity contribution in [1.82, 2.24) is 0 Å². The van der Waals surface area contributed by atoms with Gasteiger partial charge in [0.05, 0.1) is 22.6 Å². The topological polar surface area (TPSA) is 18.5 Å². The maximum Gasteiger partial charge on any atom is 0.119 e. The van der Waals surface area contributed by atoms with Gasteiger partial charge in [0.15, 0.2) is 0 Å². The Bertz CT molecular complexity index is 776. The van der Waals surface area contributed by atoms with Crippen LogP contribution in [0.4, 0.5) is 0 Å². The Hall–Kier alpha value is 0.0400. The Morgan fingerprint density at radius 1 is 0.826 bits per heavy atom. The molecule has 0 aliphatic carbocycles. The van der Waals surface area contributed by atoms with Crippen molar-refractivity contribution in [2.45, 2.75) is 6.92 Å². The van der Waals surface area contributed by atoms with Crippen molar-refractivity contribution in [1.29, 1.82) is 0 Å². The summed E-state index contributed by atoms with van der Waals surface area (Å²) in [6.07, 6.45) is 0. The van der Waals surface area contributed by atoms with Crippen LogP contribution in [0.1, 0.15) is 6.92 Å². The van der Waals surface area contributed by atoms with Crippen LogP contribution >= 0.6 is 30.9 Å². The molecule has 2 aromatic rings. The second-order valence-electron chi connectivity index (χ2n) is 4.78. The normalized spacial score (nSPS) is 26.3. The van der Waals surface area contributed by atoms with Crippen molar-refractivity contribution in [2.75, 3.05) is 13.7 Å². The zero-order chi connectivity index (χ0) is 16.5. The van der Waals surface area contributed by atoms with Crippen molar-refractivity contribution >= 4 is 65.1 Å². The lowest BCUT2D eigenvalue weighted by Gasteiger charge is -2.40. The van der Waals surface area contributed by atoms with Crippen molar-refractivity contribution in [2.24, 2.45) is 0 Å². The van der Waals surface area contributed by atoms with Crippen LogP contribution in [0, 0.1) is 0 Å². The molecule has 2 nitrogen and oxygen atoms in total. The molecule has 1 saturated heterocycles. The first-order valence-electron chi connectivity index (χ1n) is 7.00. The molecule has 3 rings (SSSR count). The second-order valence-corrected chi connectivity index (χ2v) is 26.1. The highest BCUT2D eigenvalue weighted by Crippen LogP contribution is 3.04. The quantitative estimate of drug-likeness (QED) is 0.621. The molecule has 1 heterocycles. The van der Waals surface area contributed by atoms with E-state index in [0.717, 1.165) is 11.5 Å². The lowest BCUT2D eigenvalue weighted by Crippen LogP contribution is -2.09. The van der Waals surface area contributed by atoms with Crippen LogP contribution in [-0.2, 0) is 23.6 Å². The van der Waals surface area contributed by atoms with Gasteiger partial charge in [0.1, 0.15) is 11.5 Å². The number of benzene rings is 2.